The highest BCUT2D eigenvalue weighted by molar-refractivity contribution is 6.13. The number of hydrogen-bond acceptors (Lipinski definition) is 2. The Morgan fingerprint density at radius 2 is 1.50 bits per heavy atom. The molecule has 0 bridgehead atoms. The predicted molar refractivity (Wildman–Crippen MR) is 89.0 cm³/mol. The van der Waals surface area contributed by atoms with Crippen LogP contribution in [-0.2, 0) is 4.79 Å². The first kappa shape index (κ1) is 16.0. The van der Waals surface area contributed by atoms with Crippen molar-refractivity contribution in [1.82, 2.24) is 0 Å². The average molecular weight is 295 g/mol. The van der Waals surface area contributed by atoms with Gasteiger partial charge < -0.3 is 5.32 Å². The highest BCUT2D eigenvalue weighted by Crippen LogP contribution is 2.22. The molecule has 0 radical (unpaired) electrons. The molecule has 0 atom stereocenters. The first-order chi connectivity index (χ1) is 10.4. The molecule has 2 rings (SSSR count). The second-order valence-corrected chi connectivity index (χ2v) is 6.53. The van der Waals surface area contributed by atoms with E-state index in [-0.39, 0.29) is 17.1 Å². The SMILES string of the molecule is CC(C)(C)CC(=O)Nc1ccccc1C(=O)c1ccccc1. The Balaban J connectivity index is 2.24. The third kappa shape index (κ3) is 4.29. The molecular weight excluding hydrogens is 274 g/mol. The molecule has 0 unspecified atom stereocenters. The third-order valence-corrected chi connectivity index (χ3v) is 3.17. The van der Waals surface area contributed by atoms with Gasteiger partial charge in [0.1, 0.15) is 0 Å². The van der Waals surface area contributed by atoms with Gasteiger partial charge in [-0.15, -0.1) is 0 Å². The van der Waals surface area contributed by atoms with Gasteiger partial charge >= 0.3 is 0 Å². The number of hydrogen-bond donors (Lipinski definition) is 1. The van der Waals surface area contributed by atoms with Gasteiger partial charge in [-0.3, -0.25) is 9.59 Å². The molecule has 0 spiro atoms. The highest BCUT2D eigenvalue weighted by Gasteiger charge is 2.18. The summed E-state index contributed by atoms with van der Waals surface area (Å²) < 4.78 is 0. The summed E-state index contributed by atoms with van der Waals surface area (Å²) >= 11 is 0. The van der Waals surface area contributed by atoms with E-state index in [9.17, 15) is 9.59 Å². The number of benzene rings is 2. The fourth-order valence-electron chi connectivity index (χ4n) is 2.21. The van der Waals surface area contributed by atoms with Crippen LogP contribution in [0.5, 0.6) is 0 Å². The Kier molecular flexibility index (Phi) is 4.76. The van der Waals surface area contributed by atoms with Gasteiger partial charge in [0.25, 0.3) is 0 Å². The van der Waals surface area contributed by atoms with Crippen molar-refractivity contribution < 1.29 is 9.59 Å². The molecular formula is C19H21NO2. The zero-order valence-corrected chi connectivity index (χ0v) is 13.2. The van der Waals surface area contributed by atoms with Crippen molar-refractivity contribution in [2.75, 3.05) is 5.32 Å². The van der Waals surface area contributed by atoms with E-state index in [1.807, 2.05) is 45.0 Å². The number of nitrogens with one attached hydrogen (secondary N) is 1. The molecule has 2 aromatic carbocycles. The van der Waals surface area contributed by atoms with Crippen LogP contribution in [0.2, 0.25) is 0 Å². The Morgan fingerprint density at radius 3 is 2.14 bits per heavy atom. The summed E-state index contributed by atoms with van der Waals surface area (Å²) in [6, 6.07) is 16.2. The molecule has 22 heavy (non-hydrogen) atoms. The molecule has 0 saturated carbocycles. The fourth-order valence-corrected chi connectivity index (χ4v) is 2.21. The van der Waals surface area contributed by atoms with Gasteiger partial charge in [-0.2, -0.15) is 0 Å². The van der Waals surface area contributed by atoms with Crippen molar-refractivity contribution in [3.63, 3.8) is 0 Å². The van der Waals surface area contributed by atoms with E-state index in [2.05, 4.69) is 5.32 Å². The normalized spacial score (nSPS) is 11.0. The van der Waals surface area contributed by atoms with E-state index in [0.717, 1.165) is 0 Å². The number of carbonyl (C=O) groups is 2. The van der Waals surface area contributed by atoms with Crippen molar-refractivity contribution in [3.05, 3.63) is 65.7 Å². The van der Waals surface area contributed by atoms with E-state index >= 15 is 0 Å². The van der Waals surface area contributed by atoms with Crippen molar-refractivity contribution in [2.45, 2.75) is 27.2 Å². The molecule has 0 heterocycles. The Labute approximate surface area is 131 Å². The number of amides is 1. The predicted octanol–water partition coefficient (Wildman–Crippen LogP) is 4.29. The van der Waals surface area contributed by atoms with E-state index in [1.165, 1.54) is 0 Å². The lowest BCUT2D eigenvalue weighted by Gasteiger charge is -2.18. The summed E-state index contributed by atoms with van der Waals surface area (Å²) in [7, 11) is 0. The molecule has 3 heteroatoms. The second-order valence-electron chi connectivity index (χ2n) is 6.53. The van der Waals surface area contributed by atoms with Crippen molar-refractivity contribution >= 4 is 17.4 Å². The summed E-state index contributed by atoms with van der Waals surface area (Å²) in [5.74, 6) is -0.173. The van der Waals surface area contributed by atoms with Crippen molar-refractivity contribution in [3.8, 4) is 0 Å². The summed E-state index contributed by atoms with van der Waals surface area (Å²) in [6.45, 7) is 6.02. The minimum Gasteiger partial charge on any atom is -0.325 e. The Morgan fingerprint density at radius 1 is 0.909 bits per heavy atom. The largest absolute Gasteiger partial charge is 0.325 e. The molecule has 114 valence electrons. The van der Waals surface area contributed by atoms with Crippen LogP contribution in [0.3, 0.4) is 0 Å². The minimum atomic E-state index is -0.0948. The van der Waals surface area contributed by atoms with Gasteiger partial charge in [0.05, 0.1) is 5.69 Å². The maximum absolute atomic E-state index is 12.6. The first-order valence-corrected chi connectivity index (χ1v) is 7.35. The highest BCUT2D eigenvalue weighted by atomic mass is 16.1. The maximum Gasteiger partial charge on any atom is 0.224 e. The number of anilines is 1. The van der Waals surface area contributed by atoms with Crippen LogP contribution in [-0.4, -0.2) is 11.7 Å². The van der Waals surface area contributed by atoms with Gasteiger partial charge in [-0.25, -0.2) is 0 Å². The fraction of sp³-hybridized carbons (Fsp3) is 0.263. The number of para-hydroxylation sites is 1. The molecule has 0 saturated heterocycles. The number of rotatable bonds is 4. The summed E-state index contributed by atoms with van der Waals surface area (Å²) in [5, 5.41) is 2.86. The van der Waals surface area contributed by atoms with Gasteiger partial charge in [0, 0.05) is 17.5 Å². The Hall–Kier alpha value is -2.42. The molecule has 2 aromatic rings. The van der Waals surface area contributed by atoms with Crippen molar-refractivity contribution in [1.29, 1.82) is 0 Å². The number of ketones is 1. The lowest BCUT2D eigenvalue weighted by Crippen LogP contribution is -2.21. The summed E-state index contributed by atoms with van der Waals surface area (Å²) in [6.07, 6.45) is 0.404. The Bertz CT molecular complexity index is 669. The maximum atomic E-state index is 12.6. The van der Waals surface area contributed by atoms with Gasteiger partial charge in [0.15, 0.2) is 5.78 Å². The van der Waals surface area contributed by atoms with Crippen LogP contribution in [0.25, 0.3) is 0 Å². The van der Waals surface area contributed by atoms with E-state index < -0.39 is 0 Å². The third-order valence-electron chi connectivity index (χ3n) is 3.17. The quantitative estimate of drug-likeness (QED) is 0.855. The second kappa shape index (κ2) is 6.56. The average Bonchev–Trinajstić information content (AvgIpc) is 2.46. The zero-order chi connectivity index (χ0) is 16.2. The minimum absolute atomic E-state index is 0.0826. The van der Waals surface area contributed by atoms with Gasteiger partial charge in [-0.1, -0.05) is 63.2 Å². The lowest BCUT2D eigenvalue weighted by atomic mass is 9.92. The molecule has 1 N–H and O–H groups in total. The van der Waals surface area contributed by atoms with Crippen LogP contribution in [0, 0.1) is 5.41 Å². The molecule has 0 aliphatic rings. The monoisotopic (exact) mass is 295 g/mol. The van der Waals surface area contributed by atoms with Crippen LogP contribution in [0.15, 0.2) is 54.6 Å². The molecule has 3 nitrogen and oxygen atoms in total. The van der Waals surface area contributed by atoms with Crippen LogP contribution < -0.4 is 5.32 Å². The molecule has 0 fully saturated rings. The van der Waals surface area contributed by atoms with Gasteiger partial charge in [-0.05, 0) is 17.5 Å². The zero-order valence-electron chi connectivity index (χ0n) is 13.2. The molecule has 0 aliphatic carbocycles. The number of carbonyl (C=O) groups excluding carboxylic acids is 2. The summed E-state index contributed by atoms with van der Waals surface area (Å²) in [4.78, 5) is 24.7. The van der Waals surface area contributed by atoms with E-state index in [0.29, 0.717) is 23.2 Å². The molecule has 1 amide bonds. The molecule has 0 aliphatic heterocycles. The van der Waals surface area contributed by atoms with Gasteiger partial charge in [0.2, 0.25) is 5.91 Å². The molecule has 0 aromatic heterocycles. The van der Waals surface area contributed by atoms with Crippen LogP contribution >= 0.6 is 0 Å². The smallest absolute Gasteiger partial charge is 0.224 e. The first-order valence-electron chi connectivity index (χ1n) is 7.35. The summed E-state index contributed by atoms with van der Waals surface area (Å²) in [5.41, 5.74) is 1.59. The van der Waals surface area contributed by atoms with Crippen molar-refractivity contribution in [2.24, 2.45) is 5.41 Å². The van der Waals surface area contributed by atoms with Crippen LogP contribution in [0.4, 0.5) is 5.69 Å². The standard InChI is InChI=1S/C19H21NO2/c1-19(2,3)13-17(21)20-16-12-8-7-11-15(16)18(22)14-9-5-4-6-10-14/h4-12H,13H2,1-3H3,(H,20,21). The topological polar surface area (TPSA) is 46.2 Å². The van der Waals surface area contributed by atoms with Crippen LogP contribution in [0.1, 0.15) is 43.1 Å². The van der Waals surface area contributed by atoms with E-state index in [1.54, 1.807) is 30.3 Å². The van der Waals surface area contributed by atoms with E-state index in [4.69, 9.17) is 0 Å². The lowest BCUT2D eigenvalue weighted by molar-refractivity contribution is -0.117.